The Morgan fingerprint density at radius 1 is 1.04 bits per heavy atom. The Hall–Kier alpha value is -1.16. The van der Waals surface area contributed by atoms with Crippen LogP contribution in [0.15, 0.2) is 24.3 Å². The largest absolute Gasteiger partial charge is 0.330 e. The molecule has 1 amide bonds. The van der Waals surface area contributed by atoms with Gasteiger partial charge in [-0.2, -0.15) is 0 Å². The Kier molecular flexibility index (Phi) is 11.5. The Balaban J connectivity index is 2.33. The second-order valence-electron chi connectivity index (χ2n) is 6.57. The van der Waals surface area contributed by atoms with Crippen molar-refractivity contribution in [2.24, 2.45) is 0 Å². The van der Waals surface area contributed by atoms with Gasteiger partial charge in [-0.05, 0) is 37.0 Å². The third kappa shape index (κ3) is 9.51. The van der Waals surface area contributed by atoms with E-state index < -0.39 is 7.60 Å². The lowest BCUT2D eigenvalue weighted by atomic mass is 10.0. The van der Waals surface area contributed by atoms with E-state index in [-0.39, 0.29) is 12.1 Å². The lowest BCUT2D eigenvalue weighted by Crippen LogP contribution is -2.12. The topological polar surface area (TPSA) is 64.6 Å². The summed E-state index contributed by atoms with van der Waals surface area (Å²) in [5.74, 6) is -0.0829. The molecule has 0 bridgehead atoms. The normalized spacial score (nSPS) is 11.5. The molecule has 0 saturated carbocycles. The van der Waals surface area contributed by atoms with E-state index in [1.807, 2.05) is 18.2 Å². The van der Waals surface area contributed by atoms with Crippen molar-refractivity contribution in [3.63, 3.8) is 0 Å². The Morgan fingerprint density at radius 3 is 2.42 bits per heavy atom. The van der Waals surface area contributed by atoms with Gasteiger partial charge in [0.05, 0.1) is 6.16 Å². The van der Waals surface area contributed by atoms with E-state index in [1.54, 1.807) is 0 Å². The first-order valence-electron chi connectivity index (χ1n) is 9.62. The van der Waals surface area contributed by atoms with Gasteiger partial charge in [0.25, 0.3) is 0 Å². The van der Waals surface area contributed by atoms with Crippen molar-refractivity contribution in [1.82, 2.24) is 0 Å². The summed E-state index contributed by atoms with van der Waals surface area (Å²) in [6.45, 7) is 2.23. The van der Waals surface area contributed by atoms with Gasteiger partial charge in [-0.1, -0.05) is 51.2 Å². The molecule has 0 unspecified atom stereocenters. The van der Waals surface area contributed by atoms with E-state index in [2.05, 4.69) is 18.3 Å². The maximum absolute atomic E-state index is 12.1. The third-order valence-corrected chi connectivity index (χ3v) is 6.40. The Bertz CT molecular complexity index is 569. The van der Waals surface area contributed by atoms with E-state index in [9.17, 15) is 9.36 Å². The number of benzene rings is 1. The zero-order valence-corrected chi connectivity index (χ0v) is 17.4. The fourth-order valence-corrected chi connectivity index (χ4v) is 3.89. The fourth-order valence-electron chi connectivity index (χ4n) is 2.83. The van der Waals surface area contributed by atoms with Crippen molar-refractivity contribution in [3.05, 3.63) is 29.8 Å². The molecule has 5 nitrogen and oxygen atoms in total. The quantitative estimate of drug-likeness (QED) is 0.326. The average molecular weight is 383 g/mol. The smallest absolute Gasteiger partial charge is 0.326 e. The van der Waals surface area contributed by atoms with Crippen molar-refractivity contribution < 1.29 is 18.4 Å². The molecule has 0 fully saturated rings. The minimum atomic E-state index is -3.03. The van der Waals surface area contributed by atoms with Crippen LogP contribution < -0.4 is 5.32 Å². The summed E-state index contributed by atoms with van der Waals surface area (Å²) in [6.07, 6.45) is 9.71. The summed E-state index contributed by atoms with van der Waals surface area (Å²) in [6, 6.07) is 8.03. The van der Waals surface area contributed by atoms with Gasteiger partial charge in [0, 0.05) is 26.3 Å². The third-order valence-electron chi connectivity index (χ3n) is 4.42. The SMILES string of the molecule is CCCCCCCCc1cccc(NC(=O)CCCP(=O)(OC)OC)c1. The van der Waals surface area contributed by atoms with Crippen LogP contribution in [0.4, 0.5) is 5.69 Å². The number of hydrogen-bond donors (Lipinski definition) is 1. The first-order chi connectivity index (χ1) is 12.5. The predicted octanol–water partition coefficient (Wildman–Crippen LogP) is 5.79. The molecule has 0 aliphatic rings. The van der Waals surface area contributed by atoms with Gasteiger partial charge in [0.2, 0.25) is 5.91 Å². The highest BCUT2D eigenvalue weighted by Gasteiger charge is 2.20. The number of carbonyl (C=O) groups is 1. The number of hydrogen-bond acceptors (Lipinski definition) is 4. The molecule has 6 heteroatoms. The van der Waals surface area contributed by atoms with Crippen molar-refractivity contribution in [2.75, 3.05) is 25.7 Å². The molecule has 1 N–H and O–H groups in total. The highest BCUT2D eigenvalue weighted by molar-refractivity contribution is 7.53. The number of nitrogens with one attached hydrogen (secondary N) is 1. The number of unbranched alkanes of at least 4 members (excludes halogenated alkanes) is 5. The molecule has 1 aromatic rings. The molecule has 1 aromatic carbocycles. The molecule has 0 aromatic heterocycles. The standard InChI is InChI=1S/C20H34NO4P/c1-4-5-6-7-8-9-12-18-13-10-14-19(17-18)21-20(22)15-11-16-26(23,24-2)25-3/h10,13-14,17H,4-9,11-12,15-16H2,1-3H3,(H,21,22). The lowest BCUT2D eigenvalue weighted by Gasteiger charge is -2.13. The van der Waals surface area contributed by atoms with E-state index in [0.29, 0.717) is 12.8 Å². The van der Waals surface area contributed by atoms with Crippen LogP contribution in [0, 0.1) is 0 Å². The summed E-state index contributed by atoms with van der Waals surface area (Å²) >= 11 is 0. The van der Waals surface area contributed by atoms with Crippen LogP contribution in [0.1, 0.15) is 63.9 Å². The molecule has 0 aliphatic heterocycles. The van der Waals surface area contributed by atoms with Gasteiger partial charge >= 0.3 is 7.60 Å². The van der Waals surface area contributed by atoms with Gasteiger partial charge in [-0.3, -0.25) is 9.36 Å². The van der Waals surface area contributed by atoms with Crippen LogP contribution in [0.2, 0.25) is 0 Å². The van der Waals surface area contributed by atoms with Crippen LogP contribution >= 0.6 is 7.60 Å². The molecule has 0 radical (unpaired) electrons. The number of anilines is 1. The van der Waals surface area contributed by atoms with E-state index >= 15 is 0 Å². The van der Waals surface area contributed by atoms with Gasteiger partial charge < -0.3 is 14.4 Å². The van der Waals surface area contributed by atoms with Crippen LogP contribution in [0.5, 0.6) is 0 Å². The average Bonchev–Trinajstić information content (AvgIpc) is 2.64. The summed E-state index contributed by atoms with van der Waals surface area (Å²) < 4.78 is 21.7. The highest BCUT2D eigenvalue weighted by atomic mass is 31.2. The van der Waals surface area contributed by atoms with Crippen LogP contribution in [-0.4, -0.2) is 26.3 Å². The molecule has 0 saturated heterocycles. The highest BCUT2D eigenvalue weighted by Crippen LogP contribution is 2.46. The maximum Gasteiger partial charge on any atom is 0.330 e. The lowest BCUT2D eigenvalue weighted by molar-refractivity contribution is -0.116. The molecule has 0 heterocycles. The van der Waals surface area contributed by atoms with Crippen molar-refractivity contribution in [1.29, 1.82) is 0 Å². The molecule has 1 rings (SSSR count). The van der Waals surface area contributed by atoms with E-state index in [1.165, 1.54) is 58.3 Å². The molecule has 0 atom stereocenters. The van der Waals surface area contributed by atoms with E-state index in [0.717, 1.165) is 12.1 Å². The maximum atomic E-state index is 12.1. The first-order valence-corrected chi connectivity index (χ1v) is 11.3. The van der Waals surface area contributed by atoms with E-state index in [4.69, 9.17) is 9.05 Å². The fraction of sp³-hybridized carbons (Fsp3) is 0.650. The Labute approximate surface area is 158 Å². The monoisotopic (exact) mass is 383 g/mol. The van der Waals surface area contributed by atoms with Crippen LogP contribution in [0.25, 0.3) is 0 Å². The van der Waals surface area contributed by atoms with Crippen LogP contribution in [0.3, 0.4) is 0 Å². The predicted molar refractivity (Wildman–Crippen MR) is 108 cm³/mol. The number of amides is 1. The minimum absolute atomic E-state index is 0.0829. The molecule has 0 spiro atoms. The number of aryl methyl sites for hydroxylation is 1. The summed E-state index contributed by atoms with van der Waals surface area (Å²) in [5, 5.41) is 2.91. The second kappa shape index (κ2) is 13.1. The van der Waals surface area contributed by atoms with Gasteiger partial charge in [-0.15, -0.1) is 0 Å². The van der Waals surface area contributed by atoms with Crippen molar-refractivity contribution >= 4 is 19.2 Å². The Morgan fingerprint density at radius 2 is 1.73 bits per heavy atom. The van der Waals surface area contributed by atoms with Crippen molar-refractivity contribution in [3.8, 4) is 0 Å². The first kappa shape index (κ1) is 22.9. The number of rotatable bonds is 14. The number of carbonyl (C=O) groups excluding carboxylic acids is 1. The molecule has 148 valence electrons. The zero-order chi connectivity index (χ0) is 19.3. The molecular formula is C20H34NO4P. The van der Waals surface area contributed by atoms with Gasteiger partial charge in [-0.25, -0.2) is 0 Å². The van der Waals surface area contributed by atoms with Gasteiger partial charge in [0.1, 0.15) is 0 Å². The summed E-state index contributed by atoms with van der Waals surface area (Å²) in [5.41, 5.74) is 2.07. The summed E-state index contributed by atoms with van der Waals surface area (Å²) in [4.78, 5) is 12.1. The molecule has 26 heavy (non-hydrogen) atoms. The van der Waals surface area contributed by atoms with Crippen LogP contribution in [-0.2, 0) is 24.8 Å². The summed E-state index contributed by atoms with van der Waals surface area (Å²) in [7, 11) is -0.309. The second-order valence-corrected chi connectivity index (χ2v) is 8.97. The zero-order valence-electron chi connectivity index (χ0n) is 16.5. The molecular weight excluding hydrogens is 349 g/mol. The molecule has 0 aliphatic carbocycles. The minimum Gasteiger partial charge on any atom is -0.326 e. The van der Waals surface area contributed by atoms with Crippen molar-refractivity contribution in [2.45, 2.75) is 64.7 Å². The van der Waals surface area contributed by atoms with Gasteiger partial charge in [0.15, 0.2) is 0 Å².